The van der Waals surface area contributed by atoms with E-state index in [4.69, 9.17) is 24.1 Å². The highest BCUT2D eigenvalue weighted by atomic mass is 16.5. The largest absolute Gasteiger partial charge is 0.481 e. The number of carboxylic acid groups (broad SMARTS) is 2. The third-order valence-corrected chi connectivity index (χ3v) is 9.21. The zero-order valence-corrected chi connectivity index (χ0v) is 35.8. The minimum absolute atomic E-state index is 0.0241. The van der Waals surface area contributed by atoms with Crippen molar-refractivity contribution < 1.29 is 62.7 Å². The summed E-state index contributed by atoms with van der Waals surface area (Å²) >= 11 is 0. The van der Waals surface area contributed by atoms with Gasteiger partial charge in [-0.1, -0.05) is 83.5 Å². The molecule has 0 saturated carbocycles. The first-order valence-corrected chi connectivity index (χ1v) is 21.9. The van der Waals surface area contributed by atoms with Gasteiger partial charge in [-0.3, -0.25) is 24.0 Å². The fraction of sp³-hybridized carbons (Fsp3) is 0.833. The molecule has 1 unspecified atom stereocenters. The summed E-state index contributed by atoms with van der Waals surface area (Å²) in [5, 5.41) is 28.8. The quantitative estimate of drug-likeness (QED) is 0.0471. The van der Waals surface area contributed by atoms with E-state index in [9.17, 15) is 38.7 Å². The van der Waals surface area contributed by atoms with Crippen LogP contribution >= 0.6 is 0 Å². The van der Waals surface area contributed by atoms with Gasteiger partial charge >= 0.3 is 11.9 Å². The lowest BCUT2D eigenvalue weighted by Crippen LogP contribution is -2.41. The highest BCUT2D eigenvalue weighted by molar-refractivity contribution is 5.84. The lowest BCUT2D eigenvalue weighted by atomic mass is 10.0. The van der Waals surface area contributed by atoms with Crippen molar-refractivity contribution in [3.63, 3.8) is 0 Å². The van der Waals surface area contributed by atoms with Crippen LogP contribution in [-0.2, 0) is 52.5 Å². The van der Waals surface area contributed by atoms with Crippen molar-refractivity contribution in [1.82, 2.24) is 21.3 Å². The average Bonchev–Trinajstić information content (AvgIpc) is 3.19. The van der Waals surface area contributed by atoms with Crippen LogP contribution in [0.5, 0.6) is 0 Å². The Morgan fingerprint density at radius 2 is 0.831 bits per heavy atom. The fourth-order valence-corrected chi connectivity index (χ4v) is 5.87. The van der Waals surface area contributed by atoms with Crippen LogP contribution in [0.2, 0.25) is 0 Å². The Morgan fingerprint density at radius 1 is 0.424 bits per heavy atom. The van der Waals surface area contributed by atoms with Crippen LogP contribution in [-0.4, -0.2) is 130 Å². The van der Waals surface area contributed by atoms with Gasteiger partial charge in [0.1, 0.15) is 25.0 Å². The molecule has 0 spiro atoms. The minimum Gasteiger partial charge on any atom is -0.481 e. The van der Waals surface area contributed by atoms with Crippen LogP contribution < -0.4 is 21.3 Å². The molecular weight excluding hydrogens is 768 g/mol. The summed E-state index contributed by atoms with van der Waals surface area (Å²) in [6.45, 7) is 3.77. The number of carboxylic acids is 2. The Kier molecular flexibility index (Phi) is 38.5. The Labute approximate surface area is 351 Å². The van der Waals surface area contributed by atoms with E-state index in [1.54, 1.807) is 6.92 Å². The Bertz CT molecular complexity index is 1140. The number of carbonyl (C=O) groups is 7. The molecule has 59 heavy (non-hydrogen) atoms. The van der Waals surface area contributed by atoms with E-state index < -0.39 is 18.0 Å². The summed E-state index contributed by atoms with van der Waals surface area (Å²) in [4.78, 5) is 81.1. The number of hydrogen-bond acceptors (Lipinski definition) is 11. The molecular formula is C42H76N4O13. The van der Waals surface area contributed by atoms with Crippen molar-refractivity contribution in [2.24, 2.45) is 0 Å². The second-order valence-electron chi connectivity index (χ2n) is 14.7. The van der Waals surface area contributed by atoms with Gasteiger partial charge in [-0.25, -0.2) is 4.79 Å². The van der Waals surface area contributed by atoms with Gasteiger partial charge in [0.15, 0.2) is 0 Å². The molecule has 0 aromatic rings. The van der Waals surface area contributed by atoms with Crippen molar-refractivity contribution in [3.8, 4) is 0 Å². The van der Waals surface area contributed by atoms with E-state index in [0.717, 1.165) is 57.8 Å². The average molecular weight is 845 g/mol. The maximum Gasteiger partial charge on any atom is 0.326 e. The predicted molar refractivity (Wildman–Crippen MR) is 222 cm³/mol. The Balaban J connectivity index is 3.64. The molecule has 342 valence electrons. The minimum atomic E-state index is -1.18. The van der Waals surface area contributed by atoms with Gasteiger partial charge in [-0.15, -0.1) is 0 Å². The van der Waals surface area contributed by atoms with Crippen LogP contribution in [0.25, 0.3) is 0 Å². The van der Waals surface area contributed by atoms with Gasteiger partial charge in [0.2, 0.25) is 23.6 Å². The topological polar surface area (TPSA) is 245 Å². The van der Waals surface area contributed by atoms with Crippen molar-refractivity contribution in [3.05, 3.63) is 0 Å². The van der Waals surface area contributed by atoms with Crippen LogP contribution in [0.4, 0.5) is 0 Å². The maximum atomic E-state index is 12.3. The van der Waals surface area contributed by atoms with E-state index in [1.165, 1.54) is 44.9 Å². The predicted octanol–water partition coefficient (Wildman–Crippen LogP) is 4.23. The van der Waals surface area contributed by atoms with Gasteiger partial charge in [0, 0.05) is 45.3 Å². The molecule has 0 aliphatic heterocycles. The molecule has 0 rings (SSSR count). The molecule has 6 N–H and O–H groups in total. The van der Waals surface area contributed by atoms with Gasteiger partial charge in [-0.2, -0.15) is 0 Å². The molecule has 0 fully saturated rings. The number of nitrogens with one attached hydrogen (secondary N) is 4. The summed E-state index contributed by atoms with van der Waals surface area (Å²) in [7, 11) is 0. The number of Topliss-reactive ketones (excluding diaryl/α,β-unsaturated/α-hetero) is 1. The molecule has 4 amide bonds. The molecule has 0 bridgehead atoms. The Morgan fingerprint density at radius 3 is 1.31 bits per heavy atom. The first kappa shape index (κ1) is 55.3. The number of amides is 4. The second-order valence-corrected chi connectivity index (χ2v) is 14.7. The van der Waals surface area contributed by atoms with Crippen molar-refractivity contribution >= 4 is 41.4 Å². The molecule has 1 atom stereocenters. The smallest absolute Gasteiger partial charge is 0.326 e. The van der Waals surface area contributed by atoms with Crippen LogP contribution in [0.3, 0.4) is 0 Å². The number of carbonyl (C=O) groups excluding carboxylic acids is 5. The number of rotatable bonds is 44. The van der Waals surface area contributed by atoms with E-state index >= 15 is 0 Å². The fourth-order valence-electron chi connectivity index (χ4n) is 5.87. The van der Waals surface area contributed by atoms with Crippen LogP contribution in [0.15, 0.2) is 0 Å². The van der Waals surface area contributed by atoms with Gasteiger partial charge in [0.25, 0.3) is 0 Å². The molecule has 0 saturated heterocycles. The third kappa shape index (κ3) is 42.3. The molecule has 0 aliphatic carbocycles. The maximum absolute atomic E-state index is 12.3. The number of unbranched alkanes of at least 4 members (excludes halogenated alkanes) is 15. The van der Waals surface area contributed by atoms with Gasteiger partial charge < -0.3 is 55.2 Å². The highest BCUT2D eigenvalue weighted by Crippen LogP contribution is 2.14. The molecule has 0 aliphatic rings. The summed E-state index contributed by atoms with van der Waals surface area (Å²) in [5.74, 6) is -2.92. The lowest BCUT2D eigenvalue weighted by Gasteiger charge is -2.14. The molecule has 0 aromatic carbocycles. The summed E-state index contributed by atoms with van der Waals surface area (Å²) in [6, 6.07) is -1.14. The van der Waals surface area contributed by atoms with E-state index in [0.29, 0.717) is 19.4 Å². The zero-order valence-electron chi connectivity index (χ0n) is 35.8. The number of ketones is 1. The van der Waals surface area contributed by atoms with E-state index in [-0.39, 0.29) is 121 Å². The van der Waals surface area contributed by atoms with E-state index in [1.807, 2.05) is 0 Å². The molecule has 0 aromatic heterocycles. The number of ether oxygens (including phenoxy) is 4. The summed E-state index contributed by atoms with van der Waals surface area (Å²) in [6.07, 6.45) is 18.6. The summed E-state index contributed by atoms with van der Waals surface area (Å²) < 4.78 is 21.3. The van der Waals surface area contributed by atoms with Crippen LogP contribution in [0.1, 0.15) is 148 Å². The molecule has 0 radical (unpaired) electrons. The normalized spacial score (nSPS) is 11.5. The monoisotopic (exact) mass is 845 g/mol. The summed E-state index contributed by atoms with van der Waals surface area (Å²) in [5.41, 5.74) is 0. The number of hydrogen-bond donors (Lipinski definition) is 6. The van der Waals surface area contributed by atoms with Crippen LogP contribution in [0, 0.1) is 0 Å². The Hall–Kier alpha value is -3.67. The SMILES string of the molecule is CC(=O)CCCCCNC(=O)COCCOCCNC(=O)COCCOCCNC(=O)CCC(NC(=O)CCCCCCCCCCCCCCCCC(=O)O)C(=O)O. The van der Waals surface area contributed by atoms with Gasteiger partial charge in [-0.05, 0) is 39.0 Å². The molecule has 17 nitrogen and oxygen atoms in total. The second kappa shape index (κ2) is 41.1. The lowest BCUT2D eigenvalue weighted by molar-refractivity contribution is -0.142. The first-order chi connectivity index (χ1) is 28.5. The van der Waals surface area contributed by atoms with E-state index in [2.05, 4.69) is 21.3 Å². The standard InChI is InChI=1S/C42H76N4O13/c1-35(47)19-15-14-18-24-43-39(50)33-58-31-30-57-28-26-45-40(51)34-59-32-29-56-27-25-44-37(48)23-22-36(42(54)55)46-38(49)20-16-12-10-8-6-4-2-3-5-7-9-11-13-17-21-41(52)53/h36H,2-34H2,1H3,(H,43,50)(H,44,48)(H,45,51)(H,46,49)(H,52,53)(H,54,55). The molecule has 17 heteroatoms. The highest BCUT2D eigenvalue weighted by Gasteiger charge is 2.20. The first-order valence-electron chi connectivity index (χ1n) is 21.9. The van der Waals surface area contributed by atoms with Gasteiger partial charge in [0.05, 0.1) is 39.6 Å². The molecule has 0 heterocycles. The zero-order chi connectivity index (χ0) is 43.6. The van der Waals surface area contributed by atoms with Crippen molar-refractivity contribution in [1.29, 1.82) is 0 Å². The van der Waals surface area contributed by atoms with Crippen molar-refractivity contribution in [2.45, 2.75) is 154 Å². The third-order valence-electron chi connectivity index (χ3n) is 9.21. The number of aliphatic carboxylic acids is 2. The van der Waals surface area contributed by atoms with Crippen molar-refractivity contribution in [2.75, 3.05) is 72.5 Å².